The molecule has 6 unspecified atom stereocenters. The second kappa shape index (κ2) is 10.6. The minimum atomic E-state index is -6.51. The summed E-state index contributed by atoms with van der Waals surface area (Å²) in [6.45, 7) is 0. The molecule has 0 bridgehead atoms. The lowest BCUT2D eigenvalue weighted by molar-refractivity contribution is -0.142. The standard InChI is InChI=1S/C9H9F12O4P/c10-1(4(13)14)7(19)23-26(22,24-8(20)2(11)5(15)16)25-9(21)3(12)6(17)18/h1-9H. The molecule has 158 valence electrons. The van der Waals surface area contributed by atoms with Crippen molar-refractivity contribution in [2.75, 3.05) is 0 Å². The van der Waals surface area contributed by atoms with Gasteiger partial charge in [0.25, 0.3) is 19.3 Å². The van der Waals surface area contributed by atoms with E-state index < -0.39 is 64.7 Å². The molecule has 0 radical (unpaired) electrons. The molecule has 0 aromatic rings. The van der Waals surface area contributed by atoms with Gasteiger partial charge in [0.15, 0.2) is 0 Å². The lowest BCUT2D eigenvalue weighted by Gasteiger charge is -2.25. The van der Waals surface area contributed by atoms with Gasteiger partial charge in [0.2, 0.25) is 37.6 Å². The van der Waals surface area contributed by atoms with E-state index >= 15 is 0 Å². The highest BCUT2D eigenvalue weighted by Gasteiger charge is 2.47. The van der Waals surface area contributed by atoms with Crippen molar-refractivity contribution < 1.29 is 70.8 Å². The van der Waals surface area contributed by atoms with E-state index in [0.717, 1.165) is 0 Å². The summed E-state index contributed by atoms with van der Waals surface area (Å²) in [4.78, 5) is 0. The predicted octanol–water partition coefficient (Wildman–Crippen LogP) is 4.84. The highest BCUT2D eigenvalue weighted by molar-refractivity contribution is 7.48. The van der Waals surface area contributed by atoms with E-state index in [9.17, 15) is 57.3 Å². The van der Waals surface area contributed by atoms with Crippen LogP contribution < -0.4 is 0 Å². The maximum atomic E-state index is 13.0. The Bertz CT molecular complexity index is 395. The number of hydrogen-bond acceptors (Lipinski definition) is 4. The Labute approximate surface area is 137 Å². The largest absolute Gasteiger partial charge is 0.482 e. The Kier molecular flexibility index (Phi) is 10.3. The molecule has 4 nitrogen and oxygen atoms in total. The maximum Gasteiger partial charge on any atom is 0.482 e. The molecule has 0 N–H and O–H groups in total. The first-order valence-electron chi connectivity index (χ1n) is 6.06. The van der Waals surface area contributed by atoms with Gasteiger partial charge in [-0.3, -0.25) is 0 Å². The van der Waals surface area contributed by atoms with E-state index in [4.69, 9.17) is 0 Å². The zero-order valence-corrected chi connectivity index (χ0v) is 12.7. The van der Waals surface area contributed by atoms with Crippen molar-refractivity contribution in [3.8, 4) is 0 Å². The molecule has 0 aliphatic rings. The molecule has 0 fully saturated rings. The third-order valence-corrected chi connectivity index (χ3v) is 3.54. The molecule has 17 heteroatoms. The van der Waals surface area contributed by atoms with Crippen LogP contribution in [0.2, 0.25) is 0 Å². The average molecular weight is 440 g/mol. The quantitative estimate of drug-likeness (QED) is 0.322. The molecule has 0 aliphatic heterocycles. The SMILES string of the molecule is O=P(OC(F)C(F)C(F)F)(OC(F)C(F)C(F)F)OC(F)C(F)C(F)F. The average Bonchev–Trinajstić information content (AvgIpc) is 2.51. The van der Waals surface area contributed by atoms with Crippen LogP contribution in [0.4, 0.5) is 52.7 Å². The fourth-order valence-electron chi connectivity index (χ4n) is 0.962. The molecule has 0 saturated heterocycles. The van der Waals surface area contributed by atoms with Gasteiger partial charge in [-0.15, -0.1) is 0 Å². The van der Waals surface area contributed by atoms with Crippen molar-refractivity contribution in [3.63, 3.8) is 0 Å². The Morgan fingerprint density at radius 1 is 0.462 bits per heavy atom. The fourth-order valence-corrected chi connectivity index (χ4v) is 2.20. The summed E-state index contributed by atoms with van der Waals surface area (Å²) in [5.74, 6) is 0. The zero-order chi connectivity index (χ0) is 20.8. The lowest BCUT2D eigenvalue weighted by atomic mass is 10.4. The van der Waals surface area contributed by atoms with Gasteiger partial charge in [0, 0.05) is 0 Å². The van der Waals surface area contributed by atoms with E-state index in [1.165, 1.54) is 0 Å². The van der Waals surface area contributed by atoms with Crippen LogP contribution in [0, 0.1) is 0 Å². The van der Waals surface area contributed by atoms with Crippen molar-refractivity contribution in [1.82, 2.24) is 0 Å². The molecule has 26 heavy (non-hydrogen) atoms. The number of alkyl halides is 12. The van der Waals surface area contributed by atoms with Gasteiger partial charge in [-0.1, -0.05) is 0 Å². The van der Waals surface area contributed by atoms with E-state index in [1.807, 2.05) is 0 Å². The summed E-state index contributed by atoms with van der Waals surface area (Å²) in [7, 11) is -6.51. The van der Waals surface area contributed by atoms with Gasteiger partial charge in [0.05, 0.1) is 0 Å². The minimum Gasteiger partial charge on any atom is -0.248 e. The topological polar surface area (TPSA) is 44.8 Å². The molecule has 0 aliphatic carbocycles. The molecule has 0 amide bonds. The molecule has 0 aromatic heterocycles. The lowest BCUT2D eigenvalue weighted by Crippen LogP contribution is -2.33. The summed E-state index contributed by atoms with van der Waals surface area (Å²) >= 11 is 0. The van der Waals surface area contributed by atoms with Gasteiger partial charge in [-0.2, -0.15) is 0 Å². The second-order valence-corrected chi connectivity index (χ2v) is 5.68. The first-order chi connectivity index (χ1) is 11.7. The van der Waals surface area contributed by atoms with Crippen LogP contribution in [0.15, 0.2) is 0 Å². The Balaban J connectivity index is 5.40. The molecule has 0 saturated carbocycles. The molecule has 6 atom stereocenters. The van der Waals surface area contributed by atoms with Crippen LogP contribution in [-0.4, -0.2) is 56.9 Å². The Morgan fingerprint density at radius 3 is 0.808 bits per heavy atom. The summed E-state index contributed by atoms with van der Waals surface area (Å²) in [6, 6.07) is 0. The van der Waals surface area contributed by atoms with Gasteiger partial charge in [0.1, 0.15) is 0 Å². The highest BCUT2D eigenvalue weighted by atomic mass is 31.2. The van der Waals surface area contributed by atoms with Crippen LogP contribution in [0.3, 0.4) is 0 Å². The monoisotopic (exact) mass is 440 g/mol. The van der Waals surface area contributed by atoms with Crippen molar-refractivity contribution >= 4 is 7.82 Å². The van der Waals surface area contributed by atoms with Crippen LogP contribution in [-0.2, 0) is 18.1 Å². The summed E-state index contributed by atoms with van der Waals surface area (Å²) < 4.78 is 170. The summed E-state index contributed by atoms with van der Waals surface area (Å²) in [5.41, 5.74) is 0. The van der Waals surface area contributed by atoms with E-state index in [0.29, 0.717) is 0 Å². The molecular weight excluding hydrogens is 431 g/mol. The molecule has 0 aromatic carbocycles. The van der Waals surface area contributed by atoms with Crippen molar-refractivity contribution in [3.05, 3.63) is 0 Å². The van der Waals surface area contributed by atoms with E-state index in [2.05, 4.69) is 13.6 Å². The zero-order valence-electron chi connectivity index (χ0n) is 11.8. The summed E-state index contributed by atoms with van der Waals surface area (Å²) in [6.07, 6.45) is -36.7. The third kappa shape index (κ3) is 7.88. The fraction of sp³-hybridized carbons (Fsp3) is 1.00. The molecule has 0 rings (SSSR count). The van der Waals surface area contributed by atoms with E-state index in [-0.39, 0.29) is 0 Å². The normalized spacial score (nSPS) is 22.1. The third-order valence-electron chi connectivity index (χ3n) is 2.16. The highest BCUT2D eigenvalue weighted by Crippen LogP contribution is 2.55. The number of halogens is 12. The van der Waals surface area contributed by atoms with Crippen LogP contribution in [0.5, 0.6) is 0 Å². The van der Waals surface area contributed by atoms with Crippen molar-refractivity contribution in [2.24, 2.45) is 0 Å². The van der Waals surface area contributed by atoms with Crippen molar-refractivity contribution in [1.29, 1.82) is 0 Å². The molecule has 0 heterocycles. The van der Waals surface area contributed by atoms with E-state index in [1.54, 1.807) is 0 Å². The number of rotatable bonds is 12. The molecule has 0 spiro atoms. The predicted molar refractivity (Wildman–Crippen MR) is 58.2 cm³/mol. The van der Waals surface area contributed by atoms with Gasteiger partial charge < -0.3 is 0 Å². The first kappa shape index (κ1) is 25.3. The second-order valence-electron chi connectivity index (χ2n) is 4.15. The summed E-state index contributed by atoms with van der Waals surface area (Å²) in [5, 5.41) is 0. The first-order valence-corrected chi connectivity index (χ1v) is 7.52. The van der Waals surface area contributed by atoms with Gasteiger partial charge in [-0.05, 0) is 0 Å². The number of hydrogen-bond donors (Lipinski definition) is 0. The number of phosphoric acid groups is 1. The minimum absolute atomic E-state index is 3.15. The Morgan fingerprint density at radius 2 is 0.654 bits per heavy atom. The molecular formula is C9H9F12O4P. The van der Waals surface area contributed by atoms with Crippen LogP contribution in [0.25, 0.3) is 0 Å². The maximum absolute atomic E-state index is 13.0. The smallest absolute Gasteiger partial charge is 0.248 e. The van der Waals surface area contributed by atoms with Gasteiger partial charge >= 0.3 is 7.82 Å². The van der Waals surface area contributed by atoms with Crippen molar-refractivity contribution in [2.45, 2.75) is 56.9 Å². The van der Waals surface area contributed by atoms with Gasteiger partial charge in [-0.25, -0.2) is 70.8 Å². The number of phosphoric ester groups is 1. The van der Waals surface area contributed by atoms with Crippen LogP contribution in [0.1, 0.15) is 0 Å². The Hall–Kier alpha value is -0.730. The van der Waals surface area contributed by atoms with Crippen LogP contribution >= 0.6 is 7.82 Å².